The summed E-state index contributed by atoms with van der Waals surface area (Å²) in [6.07, 6.45) is 22.1. The van der Waals surface area contributed by atoms with Crippen molar-refractivity contribution in [1.29, 1.82) is 0 Å². The van der Waals surface area contributed by atoms with Gasteiger partial charge < -0.3 is 54.3 Å². The highest BCUT2D eigenvalue weighted by Gasteiger charge is 2.55. The molecular weight excluding hydrogens is 1110 g/mol. The number of aliphatic hydroxyl groups excluding tert-OH is 6. The summed E-state index contributed by atoms with van der Waals surface area (Å²) in [7, 11) is -5.33. The quantitative estimate of drug-likeness (QED) is 0.0170. The molecule has 2 aliphatic heterocycles. The molecular formula is C67H128O17S. The molecule has 0 aromatic carbocycles. The molecule has 0 bridgehead atoms. The Kier molecular flexibility index (Phi) is 43.5. The van der Waals surface area contributed by atoms with E-state index in [2.05, 4.69) is 59.6 Å². The van der Waals surface area contributed by atoms with Gasteiger partial charge in [-0.3, -0.25) is 14.1 Å². The minimum Gasteiger partial charge on any atom is -0.455 e. The Morgan fingerprint density at radius 1 is 0.459 bits per heavy atom. The summed E-state index contributed by atoms with van der Waals surface area (Å²) >= 11 is 0. The lowest BCUT2D eigenvalue weighted by atomic mass is 9.80. The van der Waals surface area contributed by atoms with Gasteiger partial charge in [-0.15, -0.1) is 0 Å². The first kappa shape index (κ1) is 79.5. The van der Waals surface area contributed by atoms with E-state index in [1.54, 1.807) is 6.92 Å². The second-order valence-corrected chi connectivity index (χ2v) is 28.1. The molecule has 2 saturated heterocycles. The molecule has 504 valence electrons. The highest BCUT2D eigenvalue weighted by Crippen LogP contribution is 2.35. The Morgan fingerprint density at radius 2 is 0.824 bits per heavy atom. The van der Waals surface area contributed by atoms with Gasteiger partial charge in [-0.05, 0) is 86.9 Å². The maximum atomic E-state index is 14.2. The lowest BCUT2D eigenvalue weighted by Crippen LogP contribution is -2.65. The third kappa shape index (κ3) is 35.0. The largest absolute Gasteiger partial charge is 0.455 e. The summed E-state index contributed by atoms with van der Waals surface area (Å²) < 4.78 is 67.5. The van der Waals surface area contributed by atoms with Gasteiger partial charge in [0, 0.05) is 6.42 Å². The van der Waals surface area contributed by atoms with E-state index in [1.165, 1.54) is 141 Å². The maximum Gasteiger partial charge on any atom is 0.397 e. The fourth-order valence-electron chi connectivity index (χ4n) is 13.4. The summed E-state index contributed by atoms with van der Waals surface area (Å²) in [4.78, 5) is 27.7. The minimum atomic E-state index is -5.33. The molecule has 0 aromatic rings. The Morgan fingerprint density at radius 3 is 1.24 bits per heavy atom. The third-order valence-electron chi connectivity index (χ3n) is 18.0. The van der Waals surface area contributed by atoms with Gasteiger partial charge in [-0.1, -0.05) is 236 Å². The fourth-order valence-corrected chi connectivity index (χ4v) is 13.9. The van der Waals surface area contributed by atoms with Crippen molar-refractivity contribution >= 4 is 22.3 Å². The number of rotatable bonds is 52. The van der Waals surface area contributed by atoms with Crippen LogP contribution in [0.25, 0.3) is 0 Å². The molecule has 0 amide bonds. The topological polar surface area (TPSA) is 265 Å². The van der Waals surface area contributed by atoms with E-state index in [-0.39, 0.29) is 24.4 Å². The van der Waals surface area contributed by atoms with Crippen molar-refractivity contribution in [1.82, 2.24) is 0 Å². The number of ether oxygens (including phenoxy) is 5. The molecule has 0 aliphatic carbocycles. The van der Waals surface area contributed by atoms with Gasteiger partial charge in [0.15, 0.2) is 24.6 Å². The summed E-state index contributed by atoms with van der Waals surface area (Å²) in [5.74, 6) is 0.0432. The van der Waals surface area contributed by atoms with E-state index in [1.807, 2.05) is 0 Å². The first-order valence-electron chi connectivity index (χ1n) is 34.5. The van der Waals surface area contributed by atoms with Crippen molar-refractivity contribution in [3.63, 3.8) is 0 Å². The molecule has 7 N–H and O–H groups in total. The number of aliphatic hydroxyl groups is 6. The van der Waals surface area contributed by atoms with Gasteiger partial charge in [0.25, 0.3) is 0 Å². The van der Waals surface area contributed by atoms with Crippen molar-refractivity contribution in [3.8, 4) is 0 Å². The van der Waals surface area contributed by atoms with Crippen LogP contribution in [-0.4, -0.2) is 136 Å². The second kappa shape index (κ2) is 46.5. The first-order valence-corrected chi connectivity index (χ1v) is 35.9. The molecule has 85 heavy (non-hydrogen) atoms. The number of carbonyl (C=O) groups excluding carboxylic acids is 2. The standard InChI is InChI=1S/C67H128O17S/c1-10-12-14-16-18-20-22-24-25-27-28-30-32-34-36-38-55(70)53(8)44-51(6)42-49(4)40-48(3)41-50(5)43-52(7)45-54(9)65(75)82-64-62(81-58(71)39-37-35-33-31-29-26-23-21-19-17-15-13-11-2)60(73)57(47-69)80-67(64)83-66-63(84-85(76,77)78)61(74)59(72)56(46-68)79-66/h48-57,59-64,66-70,72-74H,10-47H2,1-9H3,(H,76,77,78)/t48-,49+,50-,51+,52-,53+,54+,55-,56+,57-,59+,60-,61-,62+,63+,64-,66+,67-/m0/s1. The van der Waals surface area contributed by atoms with Crippen molar-refractivity contribution in [3.05, 3.63) is 0 Å². The van der Waals surface area contributed by atoms with Crippen LogP contribution in [0.1, 0.15) is 293 Å². The van der Waals surface area contributed by atoms with Crippen LogP contribution in [0, 0.1) is 41.4 Å². The predicted molar refractivity (Wildman–Crippen MR) is 334 cm³/mol. The molecule has 0 aromatic heterocycles. The van der Waals surface area contributed by atoms with Gasteiger partial charge >= 0.3 is 22.3 Å². The molecule has 0 radical (unpaired) electrons. The van der Waals surface area contributed by atoms with E-state index < -0.39 is 103 Å². The van der Waals surface area contributed by atoms with E-state index in [9.17, 15) is 53.2 Å². The molecule has 0 spiro atoms. The summed E-state index contributed by atoms with van der Waals surface area (Å²) in [6.45, 7) is 17.9. The van der Waals surface area contributed by atoms with Crippen LogP contribution in [0.4, 0.5) is 0 Å². The lowest BCUT2D eigenvalue weighted by Gasteiger charge is -2.46. The van der Waals surface area contributed by atoms with Gasteiger partial charge in [0.05, 0.1) is 25.2 Å². The number of unbranched alkanes of at least 4 members (excludes halogenated alkanes) is 26. The highest BCUT2D eigenvalue weighted by atomic mass is 32.3. The van der Waals surface area contributed by atoms with Crippen LogP contribution in [0.2, 0.25) is 0 Å². The molecule has 18 atom stereocenters. The van der Waals surface area contributed by atoms with Gasteiger partial charge in [0.2, 0.25) is 6.29 Å². The average molecular weight is 1240 g/mol. The van der Waals surface area contributed by atoms with E-state index in [0.717, 1.165) is 70.6 Å². The van der Waals surface area contributed by atoms with Crippen LogP contribution in [0.3, 0.4) is 0 Å². The van der Waals surface area contributed by atoms with Crippen molar-refractivity contribution < 1.29 is 81.1 Å². The predicted octanol–water partition coefficient (Wildman–Crippen LogP) is 13.4. The van der Waals surface area contributed by atoms with Crippen molar-refractivity contribution in [2.24, 2.45) is 41.4 Å². The van der Waals surface area contributed by atoms with Gasteiger partial charge in [-0.25, -0.2) is 4.18 Å². The summed E-state index contributed by atoms with van der Waals surface area (Å²) in [6, 6.07) is 0. The van der Waals surface area contributed by atoms with Crippen LogP contribution >= 0.6 is 0 Å². The normalized spacial score (nSPS) is 25.8. The first-order chi connectivity index (χ1) is 40.5. The van der Waals surface area contributed by atoms with Gasteiger partial charge in [0.1, 0.15) is 30.5 Å². The summed E-state index contributed by atoms with van der Waals surface area (Å²) in [5.41, 5.74) is 0. The second-order valence-electron chi connectivity index (χ2n) is 27.0. The van der Waals surface area contributed by atoms with Crippen LogP contribution in [-0.2, 0) is 47.9 Å². The van der Waals surface area contributed by atoms with Crippen LogP contribution < -0.4 is 0 Å². The van der Waals surface area contributed by atoms with Crippen LogP contribution in [0.5, 0.6) is 0 Å². The monoisotopic (exact) mass is 1240 g/mol. The number of hydrogen-bond donors (Lipinski definition) is 7. The number of esters is 2. The maximum absolute atomic E-state index is 14.2. The number of carbonyl (C=O) groups is 2. The Labute approximate surface area is 516 Å². The van der Waals surface area contributed by atoms with E-state index in [0.29, 0.717) is 36.5 Å². The minimum absolute atomic E-state index is 0.0250. The lowest BCUT2D eigenvalue weighted by molar-refractivity contribution is -0.374. The molecule has 2 rings (SSSR count). The zero-order valence-corrected chi connectivity index (χ0v) is 55.7. The van der Waals surface area contributed by atoms with Crippen molar-refractivity contribution in [2.45, 2.75) is 361 Å². The highest BCUT2D eigenvalue weighted by molar-refractivity contribution is 7.80. The summed E-state index contributed by atoms with van der Waals surface area (Å²) in [5, 5.41) is 64.3. The fraction of sp³-hybridized carbons (Fsp3) is 0.970. The molecule has 17 nitrogen and oxygen atoms in total. The molecule has 18 heteroatoms. The van der Waals surface area contributed by atoms with Crippen LogP contribution in [0.15, 0.2) is 0 Å². The smallest absolute Gasteiger partial charge is 0.397 e. The Balaban J connectivity index is 1.97. The Bertz CT molecular complexity index is 1780. The molecule has 0 unspecified atom stereocenters. The molecule has 2 heterocycles. The number of hydrogen-bond acceptors (Lipinski definition) is 16. The zero-order chi connectivity index (χ0) is 63.2. The molecule has 2 fully saturated rings. The van der Waals surface area contributed by atoms with Crippen molar-refractivity contribution in [2.75, 3.05) is 13.2 Å². The molecule has 2 aliphatic rings. The Hall–Kier alpha value is -1.55. The molecule has 0 saturated carbocycles. The van der Waals surface area contributed by atoms with E-state index >= 15 is 0 Å². The third-order valence-corrected chi connectivity index (χ3v) is 18.5. The SMILES string of the molecule is CCCCCCCCCCCCCCCCC[C@H](O)[C@H](C)C[C@H](C)C[C@H](C)C[C@H](C)C[C@H](C)C[C@H](C)C[C@@H](C)C(=O)O[C@@H]1[C@H](O[C@H]2O[C@H](CO)[C@@H](O)[C@H](O)[C@H]2OS(=O)(=O)O)O[C@@H](CO)[C@H](O)[C@H]1OC(=O)CCCCCCCCCCCCCCC. The van der Waals surface area contributed by atoms with Gasteiger partial charge in [-0.2, -0.15) is 8.42 Å². The zero-order valence-electron chi connectivity index (χ0n) is 54.9. The van der Waals surface area contributed by atoms with E-state index in [4.69, 9.17) is 23.7 Å². The average Bonchev–Trinajstić information content (AvgIpc) is 1.64.